The summed E-state index contributed by atoms with van der Waals surface area (Å²) in [5, 5.41) is 3.07. The van der Waals surface area contributed by atoms with Gasteiger partial charge in [-0.15, -0.1) is 0 Å². The summed E-state index contributed by atoms with van der Waals surface area (Å²) >= 11 is 0. The number of hydrogen-bond donors (Lipinski definition) is 1. The van der Waals surface area contributed by atoms with Crippen LogP contribution in [0, 0.1) is 0 Å². The number of hydrogen-bond acceptors (Lipinski definition) is 4. The van der Waals surface area contributed by atoms with Gasteiger partial charge < -0.3 is 10.1 Å². The Balaban J connectivity index is 1.28. The van der Waals surface area contributed by atoms with Gasteiger partial charge in [0.15, 0.2) is 0 Å². The van der Waals surface area contributed by atoms with Crippen molar-refractivity contribution < 1.29 is 17.9 Å². The molecule has 0 unspecified atom stereocenters. The number of para-hydroxylation sites is 2. The van der Waals surface area contributed by atoms with E-state index in [1.165, 1.54) is 4.31 Å². The van der Waals surface area contributed by atoms with Gasteiger partial charge in [0.25, 0.3) is 0 Å². The predicted octanol–water partition coefficient (Wildman–Crippen LogP) is 5.31. The van der Waals surface area contributed by atoms with Crippen LogP contribution in [0.1, 0.15) is 28.2 Å². The highest BCUT2D eigenvalue weighted by Gasteiger charge is 2.33. The van der Waals surface area contributed by atoms with Crippen LogP contribution in [-0.2, 0) is 27.8 Å². The Kier molecular flexibility index (Phi) is 5.59. The van der Waals surface area contributed by atoms with Crippen molar-refractivity contribution in [2.24, 2.45) is 0 Å². The smallest absolute Gasteiger partial charge is 0.243 e. The highest BCUT2D eigenvalue weighted by molar-refractivity contribution is 7.89. The number of rotatable bonds is 4. The average Bonchev–Trinajstić information content (AvgIpc) is 2.91. The number of nitrogens with one attached hydrogen (secondary N) is 1. The predicted molar refractivity (Wildman–Crippen MR) is 138 cm³/mol. The van der Waals surface area contributed by atoms with E-state index < -0.39 is 15.9 Å². The molecule has 1 N–H and O–H groups in total. The van der Waals surface area contributed by atoms with Gasteiger partial charge in [0.1, 0.15) is 11.5 Å². The van der Waals surface area contributed by atoms with Crippen LogP contribution in [0.2, 0.25) is 0 Å². The second-order valence-electron chi connectivity index (χ2n) is 8.99. The first-order valence-corrected chi connectivity index (χ1v) is 13.3. The average molecular weight is 497 g/mol. The Morgan fingerprint density at radius 3 is 2.14 bits per heavy atom. The number of carbonyl (C=O) groups excluding carboxylic acids is 1. The fourth-order valence-electron chi connectivity index (χ4n) is 4.96. The lowest BCUT2D eigenvalue weighted by atomic mass is 9.87. The molecule has 0 saturated heterocycles. The molecule has 2 aliphatic heterocycles. The van der Waals surface area contributed by atoms with E-state index in [1.807, 2.05) is 66.7 Å². The van der Waals surface area contributed by atoms with Crippen molar-refractivity contribution in [3.63, 3.8) is 0 Å². The molecule has 0 aromatic heterocycles. The van der Waals surface area contributed by atoms with Crippen LogP contribution in [0.15, 0.2) is 102 Å². The Hall–Kier alpha value is -3.94. The highest BCUT2D eigenvalue weighted by atomic mass is 32.2. The minimum absolute atomic E-state index is 0.164. The van der Waals surface area contributed by atoms with Crippen LogP contribution >= 0.6 is 0 Å². The minimum atomic E-state index is -3.59. The zero-order valence-corrected chi connectivity index (χ0v) is 20.2. The van der Waals surface area contributed by atoms with E-state index in [1.54, 1.807) is 30.3 Å². The normalized spacial score (nSPS) is 15.2. The molecule has 0 radical (unpaired) electrons. The summed E-state index contributed by atoms with van der Waals surface area (Å²) in [5.41, 5.74) is 4.25. The lowest BCUT2D eigenvalue weighted by Gasteiger charge is -2.29. The van der Waals surface area contributed by atoms with E-state index in [2.05, 4.69) is 5.32 Å². The maximum Gasteiger partial charge on any atom is 0.243 e. The van der Waals surface area contributed by atoms with Crippen molar-refractivity contribution in [3.05, 3.63) is 119 Å². The topological polar surface area (TPSA) is 75.7 Å². The van der Waals surface area contributed by atoms with Crippen molar-refractivity contribution in [1.82, 2.24) is 4.31 Å². The van der Waals surface area contributed by atoms with E-state index in [4.69, 9.17) is 4.74 Å². The van der Waals surface area contributed by atoms with Crippen molar-refractivity contribution in [2.45, 2.75) is 23.8 Å². The number of nitrogens with zero attached hydrogens (tertiary/aromatic N) is 1. The number of ether oxygens (including phenoxy) is 1. The molecule has 0 bridgehead atoms. The summed E-state index contributed by atoms with van der Waals surface area (Å²) in [6.45, 7) is 0.685. The van der Waals surface area contributed by atoms with Crippen molar-refractivity contribution in [3.8, 4) is 11.5 Å². The molecule has 36 heavy (non-hydrogen) atoms. The van der Waals surface area contributed by atoms with Crippen molar-refractivity contribution in [2.75, 3.05) is 11.9 Å². The van der Waals surface area contributed by atoms with E-state index in [0.29, 0.717) is 30.2 Å². The van der Waals surface area contributed by atoms with Gasteiger partial charge >= 0.3 is 0 Å². The summed E-state index contributed by atoms with van der Waals surface area (Å²) < 4.78 is 33.8. The van der Waals surface area contributed by atoms with Crippen LogP contribution in [-0.4, -0.2) is 25.2 Å². The van der Waals surface area contributed by atoms with Crippen LogP contribution in [0.5, 0.6) is 11.5 Å². The van der Waals surface area contributed by atoms with Crippen molar-refractivity contribution >= 4 is 21.6 Å². The second-order valence-corrected chi connectivity index (χ2v) is 10.9. The Bertz CT molecular complexity index is 1520. The third kappa shape index (κ3) is 3.96. The lowest BCUT2D eigenvalue weighted by molar-refractivity contribution is -0.116. The third-order valence-corrected chi connectivity index (χ3v) is 8.63. The summed E-state index contributed by atoms with van der Waals surface area (Å²) in [5.74, 6) is 0.659. The molecule has 0 saturated carbocycles. The zero-order valence-electron chi connectivity index (χ0n) is 19.4. The van der Waals surface area contributed by atoms with Gasteiger partial charge in [0.2, 0.25) is 15.9 Å². The van der Waals surface area contributed by atoms with Gasteiger partial charge in [-0.3, -0.25) is 4.79 Å². The van der Waals surface area contributed by atoms with Gasteiger partial charge in [0.05, 0.1) is 10.8 Å². The second kappa shape index (κ2) is 8.93. The number of anilines is 1. The first-order chi connectivity index (χ1) is 17.5. The minimum Gasteiger partial charge on any atom is -0.457 e. The van der Waals surface area contributed by atoms with E-state index >= 15 is 0 Å². The summed E-state index contributed by atoms with van der Waals surface area (Å²) in [4.78, 5) is 13.9. The fourth-order valence-corrected chi connectivity index (χ4v) is 6.40. The molecule has 7 heteroatoms. The molecular weight excluding hydrogens is 472 g/mol. The van der Waals surface area contributed by atoms with Crippen LogP contribution < -0.4 is 10.1 Å². The van der Waals surface area contributed by atoms with Gasteiger partial charge in [-0.25, -0.2) is 8.42 Å². The number of amides is 1. The molecular formula is C29H24N2O4S. The molecule has 2 heterocycles. The highest BCUT2D eigenvalue weighted by Crippen LogP contribution is 2.44. The summed E-state index contributed by atoms with van der Waals surface area (Å²) in [7, 11) is -3.59. The SMILES string of the molecule is O=C(Nc1ccc2c(c1)CN(S(=O)(=O)c1ccccc1)CC2)C1c2ccccc2Oc2ccccc21. The van der Waals surface area contributed by atoms with Gasteiger partial charge in [-0.1, -0.05) is 60.7 Å². The van der Waals surface area contributed by atoms with Crippen molar-refractivity contribution in [1.29, 1.82) is 0 Å². The molecule has 0 fully saturated rings. The largest absolute Gasteiger partial charge is 0.457 e. The molecule has 4 aromatic carbocycles. The van der Waals surface area contributed by atoms with Gasteiger partial charge in [0, 0.05) is 29.9 Å². The Labute approximate surface area is 210 Å². The maximum atomic E-state index is 13.6. The molecule has 6 rings (SSSR count). The van der Waals surface area contributed by atoms with E-state index in [9.17, 15) is 13.2 Å². The molecule has 4 aromatic rings. The van der Waals surface area contributed by atoms with Gasteiger partial charge in [-0.05, 0) is 53.9 Å². The molecule has 180 valence electrons. The van der Waals surface area contributed by atoms with Gasteiger partial charge in [-0.2, -0.15) is 4.31 Å². The first-order valence-electron chi connectivity index (χ1n) is 11.8. The first kappa shape index (κ1) is 22.5. The molecule has 0 aliphatic carbocycles. The fraction of sp³-hybridized carbons (Fsp3) is 0.138. The standard InChI is InChI=1S/C29H24N2O4S/c32-29(28-24-10-4-6-12-26(24)35-27-13-7-5-11-25(27)28)30-22-15-14-20-16-17-31(19-21(20)18-22)36(33,34)23-8-2-1-3-9-23/h1-15,18,28H,16-17,19H2,(H,30,32). The Morgan fingerprint density at radius 1 is 0.806 bits per heavy atom. The molecule has 6 nitrogen and oxygen atoms in total. The summed E-state index contributed by atoms with van der Waals surface area (Å²) in [6, 6.07) is 29.4. The number of sulfonamides is 1. The zero-order chi connectivity index (χ0) is 24.7. The van der Waals surface area contributed by atoms with E-state index in [-0.39, 0.29) is 17.3 Å². The maximum absolute atomic E-state index is 13.6. The number of benzene rings is 4. The molecule has 0 spiro atoms. The van der Waals surface area contributed by atoms with E-state index in [0.717, 1.165) is 22.3 Å². The third-order valence-electron chi connectivity index (χ3n) is 6.77. The quantitative estimate of drug-likeness (QED) is 0.416. The monoisotopic (exact) mass is 496 g/mol. The summed E-state index contributed by atoms with van der Waals surface area (Å²) in [6.07, 6.45) is 0.621. The van der Waals surface area contributed by atoms with Crippen LogP contribution in [0.25, 0.3) is 0 Å². The molecule has 1 amide bonds. The van der Waals surface area contributed by atoms with Crippen LogP contribution in [0.3, 0.4) is 0 Å². The molecule has 0 atom stereocenters. The molecule has 2 aliphatic rings. The number of fused-ring (bicyclic) bond motifs is 3. The Morgan fingerprint density at radius 2 is 1.44 bits per heavy atom. The lowest BCUT2D eigenvalue weighted by Crippen LogP contribution is -2.36. The van der Waals surface area contributed by atoms with Crippen LogP contribution in [0.4, 0.5) is 5.69 Å². The number of carbonyl (C=O) groups is 1.